The highest BCUT2D eigenvalue weighted by Gasteiger charge is 2.21. The maximum atomic E-state index is 11.9. The Morgan fingerprint density at radius 2 is 2.11 bits per heavy atom. The summed E-state index contributed by atoms with van der Waals surface area (Å²) in [6.07, 6.45) is 2.86. The van der Waals surface area contributed by atoms with E-state index in [2.05, 4.69) is 6.92 Å². The van der Waals surface area contributed by atoms with Crippen molar-refractivity contribution in [1.29, 1.82) is 0 Å². The minimum atomic E-state index is -0.187. The van der Waals surface area contributed by atoms with Crippen molar-refractivity contribution in [2.24, 2.45) is 0 Å². The second kappa shape index (κ2) is 8.99. The fourth-order valence-electron chi connectivity index (χ4n) is 1.75. The van der Waals surface area contributed by atoms with E-state index in [4.69, 9.17) is 4.74 Å². The summed E-state index contributed by atoms with van der Waals surface area (Å²) in [5, 5.41) is 9.13. The van der Waals surface area contributed by atoms with Gasteiger partial charge >= 0.3 is 5.97 Å². The molecule has 0 aliphatic carbocycles. The van der Waals surface area contributed by atoms with Gasteiger partial charge in [-0.25, -0.2) is 0 Å². The van der Waals surface area contributed by atoms with Gasteiger partial charge in [-0.1, -0.05) is 38.0 Å². The van der Waals surface area contributed by atoms with Gasteiger partial charge in [0.1, 0.15) is 5.25 Å². The normalized spacial score (nSPS) is 12.2. The lowest BCUT2D eigenvalue weighted by molar-refractivity contribution is -0.142. The Hall–Kier alpha value is -1.00. The van der Waals surface area contributed by atoms with Crippen LogP contribution in [-0.4, -0.2) is 22.9 Å². The van der Waals surface area contributed by atoms with Crippen LogP contribution in [0, 0.1) is 0 Å². The molecule has 0 aliphatic heterocycles. The molecule has 0 saturated heterocycles. The average Bonchev–Trinajstić information content (AvgIpc) is 2.44. The molecule has 1 aromatic rings. The number of aliphatic hydroxyl groups excluding tert-OH is 1. The molecule has 0 amide bonds. The third-order valence-corrected chi connectivity index (χ3v) is 4.15. The minimum Gasteiger partial charge on any atom is -0.465 e. The quantitative estimate of drug-likeness (QED) is 0.586. The van der Waals surface area contributed by atoms with E-state index in [9.17, 15) is 9.90 Å². The van der Waals surface area contributed by atoms with Gasteiger partial charge in [0.25, 0.3) is 0 Å². The molecule has 19 heavy (non-hydrogen) atoms. The van der Waals surface area contributed by atoms with Crippen LogP contribution in [0.2, 0.25) is 0 Å². The first kappa shape index (κ1) is 16.1. The monoisotopic (exact) mass is 282 g/mol. The van der Waals surface area contributed by atoms with Crippen molar-refractivity contribution in [3.63, 3.8) is 0 Å². The van der Waals surface area contributed by atoms with Gasteiger partial charge in [0.15, 0.2) is 0 Å². The van der Waals surface area contributed by atoms with Gasteiger partial charge in [0.05, 0.1) is 13.2 Å². The molecule has 1 atom stereocenters. The number of aliphatic hydroxyl groups is 1. The van der Waals surface area contributed by atoms with E-state index in [0.717, 1.165) is 29.7 Å². The highest BCUT2D eigenvalue weighted by molar-refractivity contribution is 8.00. The molecule has 1 unspecified atom stereocenters. The zero-order chi connectivity index (χ0) is 14.1. The molecule has 4 heteroatoms. The summed E-state index contributed by atoms with van der Waals surface area (Å²) in [5.41, 5.74) is 0.860. The Bertz CT molecular complexity index is 393. The molecule has 0 radical (unpaired) electrons. The number of carbonyl (C=O) groups excluding carboxylic acids is 1. The maximum Gasteiger partial charge on any atom is 0.319 e. The van der Waals surface area contributed by atoms with Crippen LogP contribution in [0.4, 0.5) is 0 Å². The molecule has 0 fully saturated rings. The van der Waals surface area contributed by atoms with Gasteiger partial charge < -0.3 is 9.84 Å². The largest absolute Gasteiger partial charge is 0.465 e. The number of unbranched alkanes of at least 4 members (excludes halogenated alkanes) is 1. The lowest BCUT2D eigenvalue weighted by atomic mass is 10.2. The summed E-state index contributed by atoms with van der Waals surface area (Å²) >= 11 is 1.49. The van der Waals surface area contributed by atoms with E-state index in [-0.39, 0.29) is 17.8 Å². The van der Waals surface area contributed by atoms with Crippen molar-refractivity contribution in [3.8, 4) is 0 Å². The Kier molecular flexibility index (Phi) is 7.60. The van der Waals surface area contributed by atoms with Crippen molar-refractivity contribution in [2.45, 2.75) is 49.9 Å². The number of rotatable bonds is 8. The number of carbonyl (C=O) groups is 1. The van der Waals surface area contributed by atoms with E-state index >= 15 is 0 Å². The topological polar surface area (TPSA) is 46.5 Å². The van der Waals surface area contributed by atoms with Crippen molar-refractivity contribution < 1.29 is 14.6 Å². The van der Waals surface area contributed by atoms with Crippen LogP contribution in [0.15, 0.2) is 29.2 Å². The third-order valence-electron chi connectivity index (χ3n) is 2.78. The van der Waals surface area contributed by atoms with Crippen LogP contribution in [-0.2, 0) is 16.1 Å². The summed E-state index contributed by atoms with van der Waals surface area (Å²) in [6, 6.07) is 7.63. The fourth-order valence-corrected chi connectivity index (χ4v) is 2.95. The number of thioether (sulfide) groups is 1. The highest BCUT2D eigenvalue weighted by Crippen LogP contribution is 2.30. The van der Waals surface area contributed by atoms with Gasteiger partial charge in [-0.3, -0.25) is 4.79 Å². The van der Waals surface area contributed by atoms with Gasteiger partial charge in [-0.2, -0.15) is 0 Å². The fraction of sp³-hybridized carbons (Fsp3) is 0.533. The zero-order valence-electron chi connectivity index (χ0n) is 11.6. The maximum absolute atomic E-state index is 11.9. The second-order valence-corrected chi connectivity index (χ2v) is 5.51. The molecule has 0 bridgehead atoms. The Labute approximate surface area is 119 Å². The number of esters is 1. The molecular weight excluding hydrogens is 260 g/mol. The van der Waals surface area contributed by atoms with Gasteiger partial charge in [-0.05, 0) is 25.0 Å². The summed E-state index contributed by atoms with van der Waals surface area (Å²) in [6.45, 7) is 4.33. The summed E-state index contributed by atoms with van der Waals surface area (Å²) in [7, 11) is 0. The van der Waals surface area contributed by atoms with Gasteiger partial charge in [0, 0.05) is 4.90 Å². The summed E-state index contributed by atoms with van der Waals surface area (Å²) in [5.74, 6) is -0.159. The van der Waals surface area contributed by atoms with Crippen molar-refractivity contribution in [3.05, 3.63) is 29.8 Å². The first-order valence-corrected chi connectivity index (χ1v) is 7.62. The highest BCUT2D eigenvalue weighted by atomic mass is 32.2. The summed E-state index contributed by atoms with van der Waals surface area (Å²) < 4.78 is 5.12. The van der Waals surface area contributed by atoms with Gasteiger partial charge in [-0.15, -0.1) is 11.8 Å². The predicted molar refractivity (Wildman–Crippen MR) is 78.2 cm³/mol. The lowest BCUT2D eigenvalue weighted by Crippen LogP contribution is -2.20. The van der Waals surface area contributed by atoms with E-state index in [1.807, 2.05) is 31.2 Å². The molecular formula is C15H22O3S. The van der Waals surface area contributed by atoms with Crippen LogP contribution in [0.3, 0.4) is 0 Å². The molecule has 0 saturated carbocycles. The standard InChI is InChI=1S/C15H22O3S/c1-3-5-9-14(15(17)18-4-2)19-13-10-7-6-8-12(13)11-16/h6-8,10,14,16H,3-5,9,11H2,1-2H3. The first-order valence-electron chi connectivity index (χ1n) is 6.75. The van der Waals surface area contributed by atoms with Crippen molar-refractivity contribution >= 4 is 17.7 Å². The third kappa shape index (κ3) is 5.25. The number of benzene rings is 1. The van der Waals surface area contributed by atoms with E-state index in [1.165, 1.54) is 11.8 Å². The van der Waals surface area contributed by atoms with Crippen LogP contribution in [0.5, 0.6) is 0 Å². The SMILES string of the molecule is CCCCC(Sc1ccccc1CO)C(=O)OCC. The molecule has 0 spiro atoms. The molecule has 0 aromatic heterocycles. The van der Waals surface area contributed by atoms with Crippen LogP contribution < -0.4 is 0 Å². The lowest BCUT2D eigenvalue weighted by Gasteiger charge is -2.16. The van der Waals surface area contributed by atoms with E-state index < -0.39 is 0 Å². The number of hydrogen-bond acceptors (Lipinski definition) is 4. The van der Waals surface area contributed by atoms with Crippen molar-refractivity contribution in [2.75, 3.05) is 6.61 Å². The van der Waals surface area contributed by atoms with E-state index in [0.29, 0.717) is 6.61 Å². The zero-order valence-corrected chi connectivity index (χ0v) is 12.4. The Balaban J connectivity index is 2.77. The van der Waals surface area contributed by atoms with Crippen LogP contribution in [0.25, 0.3) is 0 Å². The molecule has 1 rings (SSSR count). The Morgan fingerprint density at radius 3 is 2.74 bits per heavy atom. The van der Waals surface area contributed by atoms with E-state index in [1.54, 1.807) is 0 Å². The Morgan fingerprint density at radius 1 is 1.37 bits per heavy atom. The van der Waals surface area contributed by atoms with Gasteiger partial charge in [0.2, 0.25) is 0 Å². The smallest absolute Gasteiger partial charge is 0.319 e. The average molecular weight is 282 g/mol. The number of hydrogen-bond donors (Lipinski definition) is 1. The molecule has 1 N–H and O–H groups in total. The number of ether oxygens (including phenoxy) is 1. The molecule has 0 aliphatic rings. The molecule has 0 heterocycles. The van der Waals surface area contributed by atoms with Crippen molar-refractivity contribution in [1.82, 2.24) is 0 Å². The van der Waals surface area contributed by atoms with Crippen LogP contribution in [0.1, 0.15) is 38.7 Å². The second-order valence-electron chi connectivity index (χ2n) is 4.27. The molecule has 3 nitrogen and oxygen atoms in total. The first-order chi connectivity index (χ1) is 9.22. The summed E-state index contributed by atoms with van der Waals surface area (Å²) in [4.78, 5) is 12.9. The molecule has 106 valence electrons. The molecule has 1 aromatic carbocycles. The van der Waals surface area contributed by atoms with Crippen LogP contribution >= 0.6 is 11.8 Å². The minimum absolute atomic E-state index is 0.00744. The predicted octanol–water partition coefficient (Wildman–Crippen LogP) is 3.39.